The van der Waals surface area contributed by atoms with Crippen molar-refractivity contribution < 1.29 is 4.79 Å². The molecule has 1 aliphatic rings. The van der Waals surface area contributed by atoms with Gasteiger partial charge in [0.15, 0.2) is 0 Å². The second kappa shape index (κ2) is 6.89. The van der Waals surface area contributed by atoms with Crippen molar-refractivity contribution in [2.45, 2.75) is 45.2 Å². The number of pyridine rings is 1. The van der Waals surface area contributed by atoms with E-state index in [0.717, 1.165) is 31.5 Å². The molecule has 0 saturated carbocycles. The Morgan fingerprint density at radius 2 is 2.19 bits per heavy atom. The maximum atomic E-state index is 12.2. The van der Waals surface area contributed by atoms with Gasteiger partial charge >= 0.3 is 0 Å². The van der Waals surface area contributed by atoms with Crippen molar-refractivity contribution in [1.29, 1.82) is 0 Å². The molecular formula is C16H25N3O2. The maximum Gasteiger partial charge on any atom is 0.250 e. The number of carbonyl (C=O) groups excluding carboxylic acids is 1. The smallest absolute Gasteiger partial charge is 0.250 e. The average Bonchev–Trinajstić information content (AvgIpc) is 2.46. The second-order valence-electron chi connectivity index (χ2n) is 5.77. The molecule has 1 aliphatic carbocycles. The average molecular weight is 291 g/mol. The largest absolute Gasteiger partial charge is 0.349 e. The quantitative estimate of drug-likeness (QED) is 0.890. The predicted molar refractivity (Wildman–Crippen MR) is 83.4 cm³/mol. The Labute approximate surface area is 126 Å². The lowest BCUT2D eigenvalue weighted by atomic mass is 9.91. The molecule has 0 spiro atoms. The Hall–Kier alpha value is -1.62. The fourth-order valence-corrected chi connectivity index (χ4v) is 3.00. The third kappa shape index (κ3) is 3.53. The Balaban J connectivity index is 2.27. The summed E-state index contributed by atoms with van der Waals surface area (Å²) in [6.45, 7) is 3.49. The summed E-state index contributed by atoms with van der Waals surface area (Å²) >= 11 is 0. The highest BCUT2D eigenvalue weighted by Gasteiger charge is 2.22. The van der Waals surface area contributed by atoms with E-state index in [1.165, 1.54) is 5.56 Å². The molecule has 0 saturated heterocycles. The van der Waals surface area contributed by atoms with Crippen molar-refractivity contribution in [3.63, 3.8) is 0 Å². The van der Waals surface area contributed by atoms with Crippen LogP contribution in [0.4, 0.5) is 0 Å². The van der Waals surface area contributed by atoms with E-state index >= 15 is 0 Å². The van der Waals surface area contributed by atoms with Crippen molar-refractivity contribution in [2.24, 2.45) is 0 Å². The van der Waals surface area contributed by atoms with Crippen LogP contribution in [0.25, 0.3) is 0 Å². The molecule has 0 radical (unpaired) electrons. The van der Waals surface area contributed by atoms with Crippen LogP contribution in [0.1, 0.15) is 43.5 Å². The van der Waals surface area contributed by atoms with Crippen LogP contribution in [0.5, 0.6) is 0 Å². The van der Waals surface area contributed by atoms with Crippen molar-refractivity contribution in [3.05, 3.63) is 33.7 Å². The third-order valence-electron chi connectivity index (χ3n) is 4.11. The molecule has 1 N–H and O–H groups in total. The van der Waals surface area contributed by atoms with Crippen LogP contribution in [-0.2, 0) is 17.8 Å². The first-order valence-electron chi connectivity index (χ1n) is 7.70. The van der Waals surface area contributed by atoms with Gasteiger partial charge in [0.1, 0.15) is 0 Å². The number of nitrogens with zero attached hydrogens (tertiary/aromatic N) is 2. The number of fused-ring (bicyclic) bond motifs is 1. The van der Waals surface area contributed by atoms with E-state index < -0.39 is 0 Å². The van der Waals surface area contributed by atoms with Gasteiger partial charge in [-0.25, -0.2) is 0 Å². The molecule has 1 heterocycles. The van der Waals surface area contributed by atoms with Crippen molar-refractivity contribution >= 4 is 5.91 Å². The van der Waals surface area contributed by atoms with Gasteiger partial charge in [0.05, 0.1) is 0 Å². The molecule has 21 heavy (non-hydrogen) atoms. The zero-order chi connectivity index (χ0) is 15.4. The molecule has 2 rings (SSSR count). The summed E-state index contributed by atoms with van der Waals surface area (Å²) in [6.07, 6.45) is 3.48. The lowest BCUT2D eigenvalue weighted by molar-refractivity contribution is -0.128. The minimum atomic E-state index is -0.00236. The van der Waals surface area contributed by atoms with Gasteiger partial charge in [-0.05, 0) is 31.4 Å². The van der Waals surface area contributed by atoms with E-state index in [2.05, 4.69) is 12.2 Å². The minimum absolute atomic E-state index is 0.00236. The number of amides is 1. The van der Waals surface area contributed by atoms with Gasteiger partial charge in [-0.3, -0.25) is 9.59 Å². The molecule has 1 aromatic rings. The van der Waals surface area contributed by atoms with Crippen molar-refractivity contribution in [2.75, 3.05) is 20.6 Å². The SMILES string of the molecule is CCNC1CCCc2c1ccc(=O)n2CCC(=O)N(C)C. The van der Waals surface area contributed by atoms with E-state index in [-0.39, 0.29) is 11.5 Å². The fourth-order valence-electron chi connectivity index (χ4n) is 3.00. The van der Waals surface area contributed by atoms with E-state index in [9.17, 15) is 9.59 Å². The monoisotopic (exact) mass is 291 g/mol. The van der Waals surface area contributed by atoms with E-state index in [1.807, 2.05) is 6.07 Å². The summed E-state index contributed by atoms with van der Waals surface area (Å²) in [6, 6.07) is 3.92. The summed E-state index contributed by atoms with van der Waals surface area (Å²) in [5.41, 5.74) is 2.32. The zero-order valence-electron chi connectivity index (χ0n) is 13.2. The van der Waals surface area contributed by atoms with Crippen LogP contribution in [0.15, 0.2) is 16.9 Å². The van der Waals surface area contributed by atoms with Gasteiger partial charge in [0, 0.05) is 44.9 Å². The molecule has 1 amide bonds. The molecule has 5 nitrogen and oxygen atoms in total. The molecule has 0 aromatic carbocycles. The van der Waals surface area contributed by atoms with E-state index in [0.29, 0.717) is 19.0 Å². The topological polar surface area (TPSA) is 54.3 Å². The van der Waals surface area contributed by atoms with Gasteiger partial charge in [0.25, 0.3) is 5.56 Å². The summed E-state index contributed by atoms with van der Waals surface area (Å²) in [5, 5.41) is 3.48. The summed E-state index contributed by atoms with van der Waals surface area (Å²) in [4.78, 5) is 25.5. The maximum absolute atomic E-state index is 12.2. The van der Waals surface area contributed by atoms with Crippen molar-refractivity contribution in [3.8, 4) is 0 Å². The normalized spacial score (nSPS) is 17.4. The number of rotatable bonds is 5. The molecule has 1 unspecified atom stereocenters. The fraction of sp³-hybridized carbons (Fsp3) is 0.625. The molecular weight excluding hydrogens is 266 g/mol. The molecule has 0 aliphatic heterocycles. The molecule has 0 bridgehead atoms. The lowest BCUT2D eigenvalue weighted by Crippen LogP contribution is -2.33. The Morgan fingerprint density at radius 1 is 1.43 bits per heavy atom. The highest BCUT2D eigenvalue weighted by Crippen LogP contribution is 2.28. The molecule has 116 valence electrons. The van der Waals surface area contributed by atoms with Crippen LogP contribution in [0.3, 0.4) is 0 Å². The number of hydrogen-bond donors (Lipinski definition) is 1. The van der Waals surface area contributed by atoms with Gasteiger partial charge < -0.3 is 14.8 Å². The summed E-state index contributed by atoms with van der Waals surface area (Å²) < 4.78 is 1.79. The Morgan fingerprint density at radius 3 is 2.86 bits per heavy atom. The van der Waals surface area contributed by atoms with E-state index in [4.69, 9.17) is 0 Å². The standard InChI is InChI=1S/C16H25N3O2/c1-4-17-13-6-5-7-14-12(13)8-9-16(21)19(14)11-10-15(20)18(2)3/h8-9,13,17H,4-7,10-11H2,1-3H3. The summed E-state index contributed by atoms with van der Waals surface area (Å²) in [5.74, 6) is 0.0542. The molecule has 0 fully saturated rings. The van der Waals surface area contributed by atoms with Gasteiger partial charge in [-0.1, -0.05) is 13.0 Å². The highest BCUT2D eigenvalue weighted by molar-refractivity contribution is 5.75. The Bertz CT molecular complexity index is 563. The van der Waals surface area contributed by atoms with Crippen LogP contribution in [0, 0.1) is 0 Å². The first-order valence-corrected chi connectivity index (χ1v) is 7.70. The molecule has 5 heteroatoms. The van der Waals surface area contributed by atoms with Crippen LogP contribution >= 0.6 is 0 Å². The van der Waals surface area contributed by atoms with Crippen LogP contribution < -0.4 is 10.9 Å². The zero-order valence-corrected chi connectivity index (χ0v) is 13.2. The number of nitrogens with one attached hydrogen (secondary N) is 1. The van der Waals surface area contributed by atoms with E-state index in [1.54, 1.807) is 29.6 Å². The van der Waals surface area contributed by atoms with Crippen molar-refractivity contribution in [1.82, 2.24) is 14.8 Å². The van der Waals surface area contributed by atoms with Gasteiger partial charge in [0.2, 0.25) is 5.91 Å². The minimum Gasteiger partial charge on any atom is -0.349 e. The van der Waals surface area contributed by atoms with Crippen LogP contribution in [-0.4, -0.2) is 36.0 Å². The number of aromatic nitrogens is 1. The lowest BCUT2D eigenvalue weighted by Gasteiger charge is -2.28. The second-order valence-corrected chi connectivity index (χ2v) is 5.77. The first kappa shape index (κ1) is 15.8. The predicted octanol–water partition coefficient (Wildman–Crippen LogP) is 1.31. The highest BCUT2D eigenvalue weighted by atomic mass is 16.2. The van der Waals surface area contributed by atoms with Crippen LogP contribution in [0.2, 0.25) is 0 Å². The molecule has 1 atom stereocenters. The first-order chi connectivity index (χ1) is 10.0. The summed E-state index contributed by atoms with van der Waals surface area (Å²) in [7, 11) is 3.49. The molecule has 1 aromatic heterocycles. The third-order valence-corrected chi connectivity index (χ3v) is 4.11. The Kier molecular flexibility index (Phi) is 5.17. The number of carbonyl (C=O) groups is 1. The van der Waals surface area contributed by atoms with Gasteiger partial charge in [-0.2, -0.15) is 0 Å². The number of hydrogen-bond acceptors (Lipinski definition) is 3. The van der Waals surface area contributed by atoms with Gasteiger partial charge in [-0.15, -0.1) is 0 Å².